The zero-order valence-electron chi connectivity index (χ0n) is 14.3. The first-order valence-corrected chi connectivity index (χ1v) is 8.10. The van der Waals surface area contributed by atoms with Crippen molar-refractivity contribution in [2.45, 2.75) is 6.18 Å². The normalized spacial score (nSPS) is 14.6. The fourth-order valence-electron chi connectivity index (χ4n) is 2.31. The average molecular weight is 400 g/mol. The Hall–Kier alpha value is -3.22. The van der Waals surface area contributed by atoms with Crippen LogP contribution >= 0.6 is 0 Å². The van der Waals surface area contributed by atoms with Gasteiger partial charge in [0.15, 0.2) is 6.61 Å². The van der Waals surface area contributed by atoms with Crippen LogP contribution in [0, 0.1) is 10.1 Å². The molecule has 0 amide bonds. The third-order valence-corrected chi connectivity index (χ3v) is 3.60. The Kier molecular flexibility index (Phi) is 5.73. The molecule has 0 spiro atoms. The Morgan fingerprint density at radius 1 is 1.18 bits per heavy atom. The average Bonchev–Trinajstić information content (AvgIpc) is 2.67. The molecule has 1 aliphatic rings. The minimum Gasteiger partial charge on any atom is -0.454 e. The number of nitro groups is 1. The summed E-state index contributed by atoms with van der Waals surface area (Å²) >= 11 is 0. The Morgan fingerprint density at radius 2 is 1.86 bits per heavy atom. The molecule has 0 atom stereocenters. The monoisotopic (exact) mass is 400 g/mol. The summed E-state index contributed by atoms with van der Waals surface area (Å²) < 4.78 is 47.3. The molecule has 1 aromatic carbocycles. The van der Waals surface area contributed by atoms with E-state index in [9.17, 15) is 23.3 Å². The second kappa shape index (κ2) is 8.21. The number of benzene rings is 1. The topological polar surface area (TPSA) is 116 Å². The van der Waals surface area contributed by atoms with Crippen molar-refractivity contribution in [3.8, 4) is 6.01 Å². The van der Waals surface area contributed by atoms with Gasteiger partial charge in [-0.05, 0) is 12.1 Å². The SMILES string of the molecule is O=[N+]([O-])c1ccc(Nc2nc(OCC(F)(F)F)nc(N3CCOCC3)n2)cc1. The van der Waals surface area contributed by atoms with Gasteiger partial charge in [0.2, 0.25) is 11.9 Å². The summed E-state index contributed by atoms with van der Waals surface area (Å²) in [5, 5.41) is 13.5. The van der Waals surface area contributed by atoms with Crippen LogP contribution < -0.4 is 15.0 Å². The lowest BCUT2D eigenvalue weighted by molar-refractivity contribution is -0.384. The van der Waals surface area contributed by atoms with Gasteiger partial charge in [0.1, 0.15) is 0 Å². The molecule has 0 aliphatic carbocycles. The molecule has 28 heavy (non-hydrogen) atoms. The molecule has 150 valence electrons. The molecule has 0 radical (unpaired) electrons. The third kappa shape index (κ3) is 5.39. The predicted octanol–water partition coefficient (Wildman–Crippen LogP) is 2.30. The van der Waals surface area contributed by atoms with Crippen LogP contribution in [0.3, 0.4) is 0 Å². The number of nitrogens with zero attached hydrogens (tertiary/aromatic N) is 5. The van der Waals surface area contributed by atoms with Crippen LogP contribution in [0.1, 0.15) is 0 Å². The fourth-order valence-corrected chi connectivity index (χ4v) is 2.31. The Bertz CT molecular complexity index is 828. The number of hydrogen-bond donors (Lipinski definition) is 1. The van der Waals surface area contributed by atoms with Crippen LogP contribution in [0.5, 0.6) is 6.01 Å². The van der Waals surface area contributed by atoms with E-state index in [1.54, 1.807) is 4.90 Å². The molecule has 0 bridgehead atoms. The number of nitrogens with one attached hydrogen (secondary N) is 1. The van der Waals surface area contributed by atoms with Crippen LogP contribution in [0.15, 0.2) is 24.3 Å². The third-order valence-electron chi connectivity index (χ3n) is 3.60. The molecular formula is C15H15F3N6O4. The van der Waals surface area contributed by atoms with Crippen molar-refractivity contribution < 1.29 is 27.6 Å². The van der Waals surface area contributed by atoms with E-state index in [4.69, 9.17) is 4.74 Å². The maximum Gasteiger partial charge on any atom is 0.422 e. The summed E-state index contributed by atoms with van der Waals surface area (Å²) in [5.74, 6) is 0.0856. The smallest absolute Gasteiger partial charge is 0.422 e. The first kappa shape index (κ1) is 19.5. The van der Waals surface area contributed by atoms with E-state index >= 15 is 0 Å². The van der Waals surface area contributed by atoms with Gasteiger partial charge in [-0.1, -0.05) is 0 Å². The standard InChI is InChI=1S/C15H15F3N6O4/c16-15(17,18)9-28-14-21-12(19-10-1-3-11(4-2-10)24(25)26)20-13(22-14)23-5-7-27-8-6-23/h1-4H,5-9H2,(H,19,20,21,22). The Morgan fingerprint density at radius 3 is 2.46 bits per heavy atom. The van der Waals surface area contributed by atoms with E-state index in [0.29, 0.717) is 32.0 Å². The van der Waals surface area contributed by atoms with Gasteiger partial charge < -0.3 is 19.7 Å². The van der Waals surface area contributed by atoms with Gasteiger partial charge in [-0.2, -0.15) is 28.1 Å². The molecule has 1 aromatic heterocycles. The lowest BCUT2D eigenvalue weighted by Gasteiger charge is -2.27. The van der Waals surface area contributed by atoms with Gasteiger partial charge in [-0.15, -0.1) is 0 Å². The zero-order valence-corrected chi connectivity index (χ0v) is 14.3. The van der Waals surface area contributed by atoms with Crippen molar-refractivity contribution in [3.63, 3.8) is 0 Å². The summed E-state index contributed by atoms with van der Waals surface area (Å²) in [5.41, 5.74) is 0.302. The maximum atomic E-state index is 12.5. The highest BCUT2D eigenvalue weighted by Gasteiger charge is 2.29. The number of anilines is 3. The van der Waals surface area contributed by atoms with E-state index in [2.05, 4.69) is 25.0 Å². The number of non-ortho nitro benzene ring substituents is 1. The minimum absolute atomic E-state index is 0.0532. The number of ether oxygens (including phenoxy) is 2. The Balaban J connectivity index is 1.84. The summed E-state index contributed by atoms with van der Waals surface area (Å²) in [6.07, 6.45) is -4.54. The second-order valence-electron chi connectivity index (χ2n) is 5.67. The zero-order chi connectivity index (χ0) is 20.1. The second-order valence-corrected chi connectivity index (χ2v) is 5.67. The first-order valence-electron chi connectivity index (χ1n) is 8.10. The van der Waals surface area contributed by atoms with Crippen molar-refractivity contribution in [2.75, 3.05) is 43.1 Å². The summed E-state index contributed by atoms with van der Waals surface area (Å²) in [7, 11) is 0. The van der Waals surface area contributed by atoms with Crippen molar-refractivity contribution >= 4 is 23.3 Å². The summed E-state index contributed by atoms with van der Waals surface area (Å²) in [6, 6.07) is 4.90. The van der Waals surface area contributed by atoms with Gasteiger partial charge in [0.25, 0.3) is 5.69 Å². The molecule has 2 heterocycles. The molecule has 2 aromatic rings. The van der Waals surface area contributed by atoms with Crippen LogP contribution in [0.2, 0.25) is 0 Å². The summed E-state index contributed by atoms with van der Waals surface area (Å²) in [6.45, 7) is 0.223. The predicted molar refractivity (Wildman–Crippen MR) is 90.8 cm³/mol. The van der Waals surface area contributed by atoms with Crippen LogP contribution in [-0.2, 0) is 4.74 Å². The van der Waals surface area contributed by atoms with E-state index in [1.807, 2.05) is 0 Å². The van der Waals surface area contributed by atoms with Gasteiger partial charge in [-0.3, -0.25) is 10.1 Å². The largest absolute Gasteiger partial charge is 0.454 e. The van der Waals surface area contributed by atoms with Crippen molar-refractivity contribution in [2.24, 2.45) is 0 Å². The number of rotatable bonds is 6. The molecule has 1 N–H and O–H groups in total. The van der Waals surface area contributed by atoms with E-state index < -0.39 is 23.7 Å². The molecule has 13 heteroatoms. The van der Waals surface area contributed by atoms with Crippen molar-refractivity contribution in [3.05, 3.63) is 34.4 Å². The minimum atomic E-state index is -4.54. The number of alkyl halides is 3. The number of nitro benzene ring substituents is 1. The van der Waals surface area contributed by atoms with E-state index in [0.717, 1.165) is 0 Å². The number of aromatic nitrogens is 3. The fraction of sp³-hybridized carbons (Fsp3) is 0.400. The first-order chi connectivity index (χ1) is 13.3. The Labute approximate surface area is 156 Å². The molecular weight excluding hydrogens is 385 g/mol. The van der Waals surface area contributed by atoms with Crippen LogP contribution in [0.4, 0.5) is 36.4 Å². The quantitative estimate of drug-likeness (QED) is 0.576. The van der Waals surface area contributed by atoms with E-state index in [1.165, 1.54) is 24.3 Å². The highest BCUT2D eigenvalue weighted by molar-refractivity contribution is 5.56. The number of hydrogen-bond acceptors (Lipinski definition) is 9. The maximum absolute atomic E-state index is 12.5. The van der Waals surface area contributed by atoms with Crippen molar-refractivity contribution in [1.82, 2.24) is 15.0 Å². The number of halogens is 3. The molecule has 0 saturated carbocycles. The lowest BCUT2D eigenvalue weighted by atomic mass is 10.3. The molecule has 0 unspecified atom stereocenters. The van der Waals surface area contributed by atoms with Crippen LogP contribution in [0.25, 0.3) is 0 Å². The van der Waals surface area contributed by atoms with Crippen molar-refractivity contribution in [1.29, 1.82) is 0 Å². The lowest BCUT2D eigenvalue weighted by Crippen LogP contribution is -2.37. The highest BCUT2D eigenvalue weighted by atomic mass is 19.4. The molecule has 1 aliphatic heterocycles. The molecule has 10 nitrogen and oxygen atoms in total. The van der Waals surface area contributed by atoms with Crippen LogP contribution in [-0.4, -0.2) is 59.0 Å². The van der Waals surface area contributed by atoms with Gasteiger partial charge in [-0.25, -0.2) is 0 Å². The van der Waals surface area contributed by atoms with E-state index in [-0.39, 0.29) is 17.6 Å². The van der Waals surface area contributed by atoms with Gasteiger partial charge in [0.05, 0.1) is 18.1 Å². The summed E-state index contributed by atoms with van der Waals surface area (Å²) in [4.78, 5) is 23.9. The highest BCUT2D eigenvalue weighted by Crippen LogP contribution is 2.23. The molecule has 1 fully saturated rings. The molecule has 3 rings (SSSR count). The van der Waals surface area contributed by atoms with Gasteiger partial charge >= 0.3 is 12.2 Å². The van der Waals surface area contributed by atoms with Gasteiger partial charge in [0, 0.05) is 30.9 Å². The molecule has 1 saturated heterocycles. The number of morpholine rings is 1.